The number of aliphatic hydroxyl groups excluding tert-OH is 1. The number of aromatic nitrogens is 1. The fourth-order valence-corrected chi connectivity index (χ4v) is 8.41. The lowest BCUT2D eigenvalue weighted by atomic mass is 9.97. The molecule has 14 heteroatoms. The maximum absolute atomic E-state index is 14.1. The fourth-order valence-electron chi connectivity index (χ4n) is 5.99. The first-order chi connectivity index (χ1) is 23.3. The molecule has 0 spiro atoms. The highest BCUT2D eigenvalue weighted by Gasteiger charge is 2.40. The molecule has 2 heterocycles. The van der Waals surface area contributed by atoms with E-state index in [1.54, 1.807) is 21.9 Å². The molecule has 0 radical (unpaired) electrons. The highest BCUT2D eigenvalue weighted by molar-refractivity contribution is 7.89. The van der Waals surface area contributed by atoms with Crippen LogP contribution in [0, 0.1) is 11.8 Å². The minimum atomic E-state index is -4.00. The van der Waals surface area contributed by atoms with E-state index in [0.29, 0.717) is 31.9 Å². The summed E-state index contributed by atoms with van der Waals surface area (Å²) in [5.41, 5.74) is 1.67. The van der Waals surface area contributed by atoms with Crippen molar-refractivity contribution < 1.29 is 27.9 Å². The molecule has 0 bridgehead atoms. The Bertz CT molecular complexity index is 1620. The molecule has 1 saturated heterocycles. The summed E-state index contributed by atoms with van der Waals surface area (Å²) in [5, 5.41) is 20.7. The third-order valence-corrected chi connectivity index (χ3v) is 11.1. The van der Waals surface area contributed by atoms with Gasteiger partial charge in [0.15, 0.2) is 0 Å². The van der Waals surface area contributed by atoms with Crippen LogP contribution in [-0.4, -0.2) is 103 Å². The van der Waals surface area contributed by atoms with Crippen LogP contribution in [0.5, 0.6) is 5.75 Å². The number of methoxy groups -OCH3 is 1. The Balaban J connectivity index is 1.55. The van der Waals surface area contributed by atoms with Crippen LogP contribution in [0.15, 0.2) is 64.9 Å². The first-order valence-corrected chi connectivity index (χ1v) is 19.0. The highest BCUT2D eigenvalue weighted by atomic mass is 32.2. The van der Waals surface area contributed by atoms with E-state index in [1.807, 2.05) is 70.5 Å². The highest BCUT2D eigenvalue weighted by Crippen LogP contribution is 2.24. The SMILES string of the molecule is CNCc1nc(CN2CCN([C@H](C(=O)N[C@@H](Cc3ccccc3)[C@H](O)CN(CC(C)C)S(=O)(=O)c3ccc(OC)cc3)C(C)C)C2=O)cs1. The zero-order valence-corrected chi connectivity index (χ0v) is 30.8. The van der Waals surface area contributed by atoms with Crippen molar-refractivity contribution in [3.8, 4) is 5.75 Å². The largest absolute Gasteiger partial charge is 0.497 e. The molecule has 49 heavy (non-hydrogen) atoms. The number of thiazole rings is 1. The van der Waals surface area contributed by atoms with E-state index < -0.39 is 34.1 Å². The molecule has 0 unspecified atom stereocenters. The molecule has 0 saturated carbocycles. The molecule has 1 fully saturated rings. The van der Waals surface area contributed by atoms with E-state index in [2.05, 4.69) is 15.6 Å². The Hall–Kier alpha value is -3.56. The molecule has 12 nitrogen and oxygen atoms in total. The Morgan fingerprint density at radius 2 is 1.76 bits per heavy atom. The lowest BCUT2D eigenvalue weighted by molar-refractivity contribution is -0.128. The Kier molecular flexibility index (Phi) is 13.6. The molecule has 3 atom stereocenters. The Morgan fingerprint density at radius 3 is 2.37 bits per heavy atom. The number of benzene rings is 2. The number of hydrogen-bond acceptors (Lipinski definition) is 9. The van der Waals surface area contributed by atoms with Gasteiger partial charge in [-0.3, -0.25) is 4.79 Å². The van der Waals surface area contributed by atoms with E-state index in [-0.39, 0.29) is 42.3 Å². The number of amides is 3. The maximum Gasteiger partial charge on any atom is 0.321 e. The quantitative estimate of drug-likeness (QED) is 0.182. The van der Waals surface area contributed by atoms with Gasteiger partial charge in [0.1, 0.15) is 16.8 Å². The molecule has 1 aromatic heterocycles. The number of nitrogens with zero attached hydrogens (tertiary/aromatic N) is 4. The lowest BCUT2D eigenvalue weighted by Crippen LogP contribution is -2.57. The van der Waals surface area contributed by atoms with E-state index in [0.717, 1.165) is 16.3 Å². The number of ether oxygens (including phenoxy) is 1. The average Bonchev–Trinajstić information content (AvgIpc) is 3.66. The van der Waals surface area contributed by atoms with Crippen molar-refractivity contribution in [3.63, 3.8) is 0 Å². The number of carbonyl (C=O) groups excluding carboxylic acids is 2. The average molecular weight is 715 g/mol. The van der Waals surface area contributed by atoms with Gasteiger partial charge in [-0.2, -0.15) is 4.31 Å². The number of carbonyl (C=O) groups is 2. The second-order valence-corrected chi connectivity index (χ2v) is 16.0. The number of hydrogen-bond donors (Lipinski definition) is 3. The summed E-state index contributed by atoms with van der Waals surface area (Å²) >= 11 is 1.54. The second kappa shape index (κ2) is 17.4. The van der Waals surface area contributed by atoms with E-state index in [9.17, 15) is 23.1 Å². The third kappa shape index (κ3) is 10.0. The van der Waals surface area contributed by atoms with Crippen molar-refractivity contribution in [2.75, 3.05) is 40.3 Å². The van der Waals surface area contributed by atoms with Gasteiger partial charge in [-0.1, -0.05) is 58.0 Å². The van der Waals surface area contributed by atoms with Gasteiger partial charge in [0.05, 0.1) is 36.4 Å². The summed E-state index contributed by atoms with van der Waals surface area (Å²) in [6.45, 7) is 9.35. The summed E-state index contributed by atoms with van der Waals surface area (Å²) in [4.78, 5) is 35.7. The predicted molar refractivity (Wildman–Crippen MR) is 191 cm³/mol. The molecule has 0 aliphatic carbocycles. The van der Waals surface area contributed by atoms with Gasteiger partial charge in [0, 0.05) is 38.1 Å². The first kappa shape index (κ1) is 38.2. The third-order valence-electron chi connectivity index (χ3n) is 8.39. The summed E-state index contributed by atoms with van der Waals surface area (Å²) in [5.74, 6) is -0.131. The van der Waals surface area contributed by atoms with Crippen LogP contribution in [0.4, 0.5) is 4.79 Å². The van der Waals surface area contributed by atoms with Gasteiger partial charge in [-0.25, -0.2) is 18.2 Å². The zero-order chi connectivity index (χ0) is 35.7. The van der Waals surface area contributed by atoms with Crippen molar-refractivity contribution in [1.29, 1.82) is 0 Å². The van der Waals surface area contributed by atoms with Gasteiger partial charge >= 0.3 is 6.03 Å². The lowest BCUT2D eigenvalue weighted by Gasteiger charge is -2.34. The molecular formula is C35H50N6O6S2. The number of urea groups is 1. The fraction of sp³-hybridized carbons (Fsp3) is 0.514. The Morgan fingerprint density at radius 1 is 1.06 bits per heavy atom. The summed E-state index contributed by atoms with van der Waals surface area (Å²) in [7, 11) is -0.631. The number of sulfonamides is 1. The van der Waals surface area contributed by atoms with Crippen LogP contribution in [0.1, 0.15) is 44.0 Å². The van der Waals surface area contributed by atoms with Gasteiger partial charge in [0.2, 0.25) is 15.9 Å². The smallest absolute Gasteiger partial charge is 0.321 e. The Labute approximate surface area is 294 Å². The number of nitrogens with one attached hydrogen (secondary N) is 2. The molecule has 268 valence electrons. The minimum Gasteiger partial charge on any atom is -0.497 e. The van der Waals surface area contributed by atoms with Crippen molar-refractivity contribution in [1.82, 2.24) is 29.7 Å². The van der Waals surface area contributed by atoms with E-state index in [1.165, 1.54) is 34.9 Å². The van der Waals surface area contributed by atoms with Crippen LogP contribution in [0.3, 0.4) is 0 Å². The van der Waals surface area contributed by atoms with Crippen molar-refractivity contribution in [3.05, 3.63) is 76.2 Å². The van der Waals surface area contributed by atoms with Crippen molar-refractivity contribution in [2.45, 2.75) is 70.3 Å². The summed E-state index contributed by atoms with van der Waals surface area (Å²) < 4.78 is 34.2. The molecule has 3 amide bonds. The van der Waals surface area contributed by atoms with Crippen molar-refractivity contribution in [2.24, 2.45) is 11.8 Å². The number of rotatable bonds is 18. The molecule has 1 aliphatic rings. The second-order valence-electron chi connectivity index (χ2n) is 13.1. The van der Waals surface area contributed by atoms with E-state index in [4.69, 9.17) is 4.74 Å². The predicted octanol–water partition coefficient (Wildman–Crippen LogP) is 3.57. The van der Waals surface area contributed by atoms with Gasteiger partial charge in [-0.05, 0) is 55.1 Å². The monoisotopic (exact) mass is 714 g/mol. The topological polar surface area (TPSA) is 144 Å². The molecule has 1 aliphatic heterocycles. The molecule has 2 aromatic carbocycles. The molecule has 4 rings (SSSR count). The van der Waals surface area contributed by atoms with Crippen LogP contribution in [0.2, 0.25) is 0 Å². The van der Waals surface area contributed by atoms with Crippen LogP contribution < -0.4 is 15.4 Å². The summed E-state index contributed by atoms with van der Waals surface area (Å²) in [6.07, 6.45) is -0.999. The first-order valence-electron chi connectivity index (χ1n) is 16.6. The van der Waals surface area contributed by atoms with Gasteiger partial charge < -0.3 is 30.3 Å². The standard InChI is InChI=1S/C35H50N6O6S2/c1-24(2)20-40(49(45,46)29-14-12-28(47-6)13-15-29)22-31(42)30(18-26-10-8-7-9-11-26)38-34(43)33(25(3)4)41-17-16-39(35(41)44)21-27-23-48-32(37-27)19-36-5/h7-15,23-25,30-31,33,36,42H,16-22H2,1-6H3,(H,38,43)/t30-,31+,33-/m0/s1. The molecule has 3 aromatic rings. The van der Waals surface area contributed by atoms with Crippen LogP contribution >= 0.6 is 11.3 Å². The molecular weight excluding hydrogens is 665 g/mol. The minimum absolute atomic E-state index is 0.0315. The van der Waals surface area contributed by atoms with Crippen LogP contribution in [-0.2, 0) is 34.3 Å². The van der Waals surface area contributed by atoms with E-state index >= 15 is 0 Å². The van der Waals surface area contributed by atoms with Gasteiger partial charge in [-0.15, -0.1) is 11.3 Å². The van der Waals surface area contributed by atoms with Gasteiger partial charge in [0.25, 0.3) is 0 Å². The summed E-state index contributed by atoms with van der Waals surface area (Å²) in [6, 6.07) is 13.7. The molecule has 3 N–H and O–H groups in total. The zero-order valence-electron chi connectivity index (χ0n) is 29.2. The van der Waals surface area contributed by atoms with Crippen LogP contribution in [0.25, 0.3) is 0 Å². The normalized spacial score (nSPS) is 15.7. The number of aliphatic hydroxyl groups is 1. The van der Waals surface area contributed by atoms with Crippen molar-refractivity contribution >= 4 is 33.3 Å². The maximum atomic E-state index is 14.1.